The molecule has 2 aromatic heterocycles. The van der Waals surface area contributed by atoms with E-state index in [1.54, 1.807) is 6.07 Å². The molecule has 2 heterocycles. The van der Waals surface area contributed by atoms with Crippen LogP contribution >= 0.6 is 23.2 Å². The predicted octanol–water partition coefficient (Wildman–Crippen LogP) is 3.31. The van der Waals surface area contributed by atoms with Crippen LogP contribution < -0.4 is 5.32 Å². The van der Waals surface area contributed by atoms with Crippen molar-refractivity contribution in [3.05, 3.63) is 46.6 Å². The third-order valence-corrected chi connectivity index (χ3v) is 2.84. The highest BCUT2D eigenvalue weighted by Crippen LogP contribution is 2.24. The number of nitrogens with one attached hydrogen (secondary N) is 1. The number of rotatable bonds is 2. The summed E-state index contributed by atoms with van der Waals surface area (Å²) in [5.41, 5.74) is 0.253. The third-order valence-electron chi connectivity index (χ3n) is 2.41. The van der Waals surface area contributed by atoms with Gasteiger partial charge in [0.05, 0.1) is 5.69 Å². The van der Waals surface area contributed by atoms with E-state index in [0.717, 1.165) is 0 Å². The molecule has 0 bridgehead atoms. The second-order valence-corrected chi connectivity index (χ2v) is 4.51. The second-order valence-electron chi connectivity index (χ2n) is 3.69. The van der Waals surface area contributed by atoms with E-state index in [0.29, 0.717) is 16.6 Å². The van der Waals surface area contributed by atoms with Gasteiger partial charge in [-0.15, -0.1) is 0 Å². The Kier molecular flexibility index (Phi) is 2.96. The Balaban J connectivity index is 2.07. The molecule has 0 saturated heterocycles. The molecular formula is C11H6Cl2FN5. The molecule has 8 heteroatoms. The van der Waals surface area contributed by atoms with Crippen LogP contribution in [0.5, 0.6) is 0 Å². The average molecular weight is 298 g/mol. The zero-order valence-corrected chi connectivity index (χ0v) is 10.8. The highest BCUT2D eigenvalue weighted by Gasteiger charge is 2.09. The summed E-state index contributed by atoms with van der Waals surface area (Å²) in [6.07, 6.45) is 1.34. The summed E-state index contributed by atoms with van der Waals surface area (Å²) in [6, 6.07) is 5.84. The lowest BCUT2D eigenvalue weighted by atomic mass is 10.3. The van der Waals surface area contributed by atoms with Crippen molar-refractivity contribution in [2.45, 2.75) is 0 Å². The largest absolute Gasteiger partial charge is 0.338 e. The maximum Gasteiger partial charge on any atom is 0.255 e. The maximum absolute atomic E-state index is 13.7. The van der Waals surface area contributed by atoms with Gasteiger partial charge in [-0.2, -0.15) is 19.6 Å². The van der Waals surface area contributed by atoms with E-state index < -0.39 is 5.82 Å². The van der Waals surface area contributed by atoms with Crippen molar-refractivity contribution in [3.63, 3.8) is 0 Å². The molecule has 96 valence electrons. The van der Waals surface area contributed by atoms with Gasteiger partial charge in [-0.1, -0.05) is 23.2 Å². The molecule has 0 aliphatic carbocycles. The topological polar surface area (TPSA) is 55.1 Å². The van der Waals surface area contributed by atoms with Gasteiger partial charge in [-0.3, -0.25) is 0 Å². The van der Waals surface area contributed by atoms with Crippen molar-refractivity contribution in [2.24, 2.45) is 0 Å². The fraction of sp³-hybridized carbons (Fsp3) is 0. The highest BCUT2D eigenvalue weighted by molar-refractivity contribution is 6.30. The molecule has 3 aromatic rings. The number of halogens is 3. The SMILES string of the molecule is Fc1cc(Cl)ccc1Nc1cc(Cl)nc2ncnn12. The highest BCUT2D eigenvalue weighted by atomic mass is 35.5. The van der Waals surface area contributed by atoms with Crippen LogP contribution in [0.4, 0.5) is 15.9 Å². The van der Waals surface area contributed by atoms with Crippen molar-refractivity contribution in [2.75, 3.05) is 5.32 Å². The van der Waals surface area contributed by atoms with Gasteiger partial charge in [-0.25, -0.2) is 4.39 Å². The van der Waals surface area contributed by atoms with E-state index in [1.807, 2.05) is 0 Å². The van der Waals surface area contributed by atoms with Gasteiger partial charge in [0.25, 0.3) is 5.78 Å². The third kappa shape index (κ3) is 2.32. The van der Waals surface area contributed by atoms with Crippen molar-refractivity contribution >= 4 is 40.5 Å². The van der Waals surface area contributed by atoms with Gasteiger partial charge in [0.15, 0.2) is 0 Å². The number of hydrogen-bond acceptors (Lipinski definition) is 4. The normalized spacial score (nSPS) is 10.9. The molecule has 0 aliphatic rings. The Morgan fingerprint density at radius 2 is 2.05 bits per heavy atom. The lowest BCUT2D eigenvalue weighted by Crippen LogP contribution is -2.02. The minimum absolute atomic E-state index is 0.234. The molecule has 0 radical (unpaired) electrons. The molecule has 5 nitrogen and oxygen atoms in total. The van der Waals surface area contributed by atoms with Crippen LogP contribution in [0, 0.1) is 5.82 Å². The summed E-state index contributed by atoms with van der Waals surface area (Å²) in [7, 11) is 0. The fourth-order valence-electron chi connectivity index (χ4n) is 1.60. The quantitative estimate of drug-likeness (QED) is 0.737. The van der Waals surface area contributed by atoms with Crippen molar-refractivity contribution < 1.29 is 4.39 Å². The minimum atomic E-state index is -0.478. The smallest absolute Gasteiger partial charge is 0.255 e. The predicted molar refractivity (Wildman–Crippen MR) is 70.5 cm³/mol. The molecule has 0 atom stereocenters. The average Bonchev–Trinajstić information content (AvgIpc) is 2.80. The van der Waals surface area contributed by atoms with Gasteiger partial charge in [0.1, 0.15) is 23.1 Å². The molecule has 1 aromatic carbocycles. The van der Waals surface area contributed by atoms with E-state index in [-0.39, 0.29) is 10.8 Å². The number of fused-ring (bicyclic) bond motifs is 1. The van der Waals surface area contributed by atoms with Gasteiger partial charge < -0.3 is 5.32 Å². The number of hydrogen-bond donors (Lipinski definition) is 1. The molecule has 0 fully saturated rings. The molecule has 3 rings (SSSR count). The number of benzene rings is 1. The van der Waals surface area contributed by atoms with E-state index in [9.17, 15) is 4.39 Å². The van der Waals surface area contributed by atoms with Crippen LogP contribution in [0.2, 0.25) is 10.2 Å². The van der Waals surface area contributed by atoms with Gasteiger partial charge in [-0.05, 0) is 18.2 Å². The second kappa shape index (κ2) is 4.64. The van der Waals surface area contributed by atoms with Crippen molar-refractivity contribution in [1.82, 2.24) is 19.6 Å². The lowest BCUT2D eigenvalue weighted by molar-refractivity contribution is 0.631. The Morgan fingerprint density at radius 1 is 1.21 bits per heavy atom. The van der Waals surface area contributed by atoms with Gasteiger partial charge >= 0.3 is 0 Å². The molecule has 0 saturated carbocycles. The van der Waals surface area contributed by atoms with Crippen LogP contribution in [-0.2, 0) is 0 Å². The molecular weight excluding hydrogens is 292 g/mol. The monoisotopic (exact) mass is 297 g/mol. The molecule has 0 amide bonds. The molecule has 1 N–H and O–H groups in total. The van der Waals surface area contributed by atoms with E-state index in [2.05, 4.69) is 20.4 Å². The number of nitrogens with zero attached hydrogens (tertiary/aromatic N) is 4. The van der Waals surface area contributed by atoms with Gasteiger partial charge in [0, 0.05) is 11.1 Å². The fourth-order valence-corrected chi connectivity index (χ4v) is 1.94. The van der Waals surface area contributed by atoms with E-state index in [1.165, 1.54) is 29.0 Å². The summed E-state index contributed by atoms with van der Waals surface area (Å²) >= 11 is 11.6. The zero-order chi connectivity index (χ0) is 13.4. The van der Waals surface area contributed by atoms with Crippen molar-refractivity contribution in [1.29, 1.82) is 0 Å². The molecule has 19 heavy (non-hydrogen) atoms. The Hall–Kier alpha value is -1.92. The summed E-state index contributed by atoms with van der Waals surface area (Å²) in [4.78, 5) is 7.89. The first-order chi connectivity index (χ1) is 9.13. The maximum atomic E-state index is 13.7. The summed E-state index contributed by atoms with van der Waals surface area (Å²) in [5.74, 6) is 0.298. The standard InChI is InChI=1S/C11H6Cl2FN5/c12-6-1-2-8(7(14)3-6)17-10-4-9(13)18-11-15-5-16-19(10)11/h1-5,17H. The number of anilines is 2. The first-order valence-electron chi connectivity index (χ1n) is 5.22. The Bertz CT molecular complexity index is 758. The first-order valence-corrected chi connectivity index (χ1v) is 5.97. The zero-order valence-electron chi connectivity index (χ0n) is 9.31. The molecule has 0 aliphatic heterocycles. The number of aromatic nitrogens is 4. The van der Waals surface area contributed by atoms with E-state index >= 15 is 0 Å². The Labute approximate surface area is 117 Å². The van der Waals surface area contributed by atoms with Crippen LogP contribution in [0.3, 0.4) is 0 Å². The summed E-state index contributed by atoms with van der Waals surface area (Å²) in [6.45, 7) is 0. The molecule has 0 spiro atoms. The first kappa shape index (κ1) is 12.1. The van der Waals surface area contributed by atoms with Crippen molar-refractivity contribution in [3.8, 4) is 0 Å². The summed E-state index contributed by atoms with van der Waals surface area (Å²) in [5, 5.41) is 7.40. The van der Waals surface area contributed by atoms with Crippen LogP contribution in [0.1, 0.15) is 0 Å². The van der Waals surface area contributed by atoms with Gasteiger partial charge in [0.2, 0.25) is 0 Å². The Morgan fingerprint density at radius 3 is 2.84 bits per heavy atom. The van der Waals surface area contributed by atoms with Crippen LogP contribution in [-0.4, -0.2) is 19.6 Å². The van der Waals surface area contributed by atoms with E-state index in [4.69, 9.17) is 23.2 Å². The summed E-state index contributed by atoms with van der Waals surface area (Å²) < 4.78 is 15.1. The molecule has 0 unspecified atom stereocenters. The lowest BCUT2D eigenvalue weighted by Gasteiger charge is -2.09. The van der Waals surface area contributed by atoms with Crippen LogP contribution in [0.25, 0.3) is 5.78 Å². The van der Waals surface area contributed by atoms with Crippen LogP contribution in [0.15, 0.2) is 30.6 Å². The minimum Gasteiger partial charge on any atom is -0.338 e.